The van der Waals surface area contributed by atoms with Crippen LogP contribution in [0.1, 0.15) is 34.5 Å². The molecule has 1 atom stereocenters. The predicted molar refractivity (Wildman–Crippen MR) is 106 cm³/mol. The molecule has 1 saturated heterocycles. The third-order valence-corrected chi connectivity index (χ3v) is 5.62. The number of aromatic nitrogens is 2. The number of nitrogens with zero attached hydrogens (tertiary/aromatic N) is 3. The SMILES string of the molecule is O=C1CCC(N2Cc3cc(-c4cc(-c5cccc(C(F)(F)F)n5)no4)ccc3C2=O)C(=O)N1. The van der Waals surface area contributed by atoms with Gasteiger partial charge in [0.1, 0.15) is 17.4 Å². The maximum absolute atomic E-state index is 12.9. The summed E-state index contributed by atoms with van der Waals surface area (Å²) in [5, 5.41) is 6.08. The van der Waals surface area contributed by atoms with Gasteiger partial charge in [0, 0.05) is 30.2 Å². The molecule has 0 aliphatic carbocycles. The second-order valence-corrected chi connectivity index (χ2v) is 7.75. The van der Waals surface area contributed by atoms with Crippen LogP contribution in [0.15, 0.2) is 47.0 Å². The van der Waals surface area contributed by atoms with Crippen LogP contribution >= 0.6 is 0 Å². The average molecular weight is 456 g/mol. The predicted octanol–water partition coefficient (Wildman–Crippen LogP) is 3.18. The summed E-state index contributed by atoms with van der Waals surface area (Å²) in [7, 11) is 0. The van der Waals surface area contributed by atoms with E-state index in [4.69, 9.17) is 4.52 Å². The van der Waals surface area contributed by atoms with Crippen LogP contribution in [-0.2, 0) is 22.3 Å². The Morgan fingerprint density at radius 3 is 2.64 bits per heavy atom. The summed E-state index contributed by atoms with van der Waals surface area (Å²) < 4.78 is 44.1. The first-order valence-corrected chi connectivity index (χ1v) is 10.00. The van der Waals surface area contributed by atoms with E-state index in [2.05, 4.69) is 15.5 Å². The monoisotopic (exact) mass is 456 g/mol. The van der Waals surface area contributed by atoms with E-state index in [1.165, 1.54) is 23.1 Å². The summed E-state index contributed by atoms with van der Waals surface area (Å²) in [4.78, 5) is 41.4. The van der Waals surface area contributed by atoms with Crippen molar-refractivity contribution in [2.75, 3.05) is 0 Å². The van der Waals surface area contributed by atoms with E-state index in [1.54, 1.807) is 18.2 Å². The molecule has 0 saturated carbocycles. The van der Waals surface area contributed by atoms with Gasteiger partial charge in [-0.15, -0.1) is 0 Å². The van der Waals surface area contributed by atoms with Gasteiger partial charge in [-0.25, -0.2) is 4.98 Å². The van der Waals surface area contributed by atoms with E-state index in [0.29, 0.717) is 22.5 Å². The lowest BCUT2D eigenvalue weighted by molar-refractivity contribution is -0.141. The Kier molecular flexibility index (Phi) is 4.76. The first-order chi connectivity index (χ1) is 15.7. The molecule has 3 aromatic rings. The maximum Gasteiger partial charge on any atom is 0.433 e. The molecular weight excluding hydrogens is 441 g/mol. The number of amides is 3. The fourth-order valence-corrected chi connectivity index (χ4v) is 3.99. The number of hydrogen-bond acceptors (Lipinski definition) is 6. The minimum absolute atomic E-state index is 0.0141. The quantitative estimate of drug-likeness (QED) is 0.607. The van der Waals surface area contributed by atoms with Crippen LogP contribution in [0.2, 0.25) is 0 Å². The number of pyridine rings is 1. The van der Waals surface area contributed by atoms with Crippen molar-refractivity contribution in [1.82, 2.24) is 20.4 Å². The van der Waals surface area contributed by atoms with Crippen molar-refractivity contribution in [2.24, 2.45) is 0 Å². The van der Waals surface area contributed by atoms with Gasteiger partial charge in [-0.05, 0) is 36.2 Å². The smallest absolute Gasteiger partial charge is 0.356 e. The minimum Gasteiger partial charge on any atom is -0.356 e. The molecule has 33 heavy (non-hydrogen) atoms. The molecule has 3 amide bonds. The molecule has 1 N–H and O–H groups in total. The van der Waals surface area contributed by atoms with Crippen molar-refractivity contribution < 1.29 is 32.1 Å². The van der Waals surface area contributed by atoms with Crippen molar-refractivity contribution in [3.05, 3.63) is 59.3 Å². The molecule has 4 heterocycles. The molecular formula is C22H15F3N4O4. The van der Waals surface area contributed by atoms with Crippen LogP contribution in [0.4, 0.5) is 13.2 Å². The Balaban J connectivity index is 1.40. The van der Waals surface area contributed by atoms with Gasteiger partial charge in [0.05, 0.1) is 5.69 Å². The fourth-order valence-electron chi connectivity index (χ4n) is 3.99. The van der Waals surface area contributed by atoms with E-state index < -0.39 is 23.8 Å². The van der Waals surface area contributed by atoms with Crippen LogP contribution in [0.5, 0.6) is 0 Å². The molecule has 1 aromatic carbocycles. The van der Waals surface area contributed by atoms with Gasteiger partial charge in [-0.3, -0.25) is 19.7 Å². The van der Waals surface area contributed by atoms with Gasteiger partial charge < -0.3 is 9.42 Å². The van der Waals surface area contributed by atoms with E-state index >= 15 is 0 Å². The number of fused-ring (bicyclic) bond motifs is 1. The summed E-state index contributed by atoms with van der Waals surface area (Å²) in [6.07, 6.45) is -4.16. The summed E-state index contributed by atoms with van der Waals surface area (Å²) in [6, 6.07) is 9.20. The minimum atomic E-state index is -4.58. The number of imide groups is 1. The number of carbonyl (C=O) groups is 3. The fraction of sp³-hybridized carbons (Fsp3) is 0.227. The number of nitrogens with one attached hydrogen (secondary N) is 1. The van der Waals surface area contributed by atoms with Gasteiger partial charge in [0.15, 0.2) is 5.76 Å². The highest BCUT2D eigenvalue weighted by molar-refractivity contribution is 6.05. The molecule has 0 spiro atoms. The van der Waals surface area contributed by atoms with Crippen LogP contribution in [-0.4, -0.2) is 38.8 Å². The van der Waals surface area contributed by atoms with E-state index in [0.717, 1.165) is 6.07 Å². The number of rotatable bonds is 3. The standard InChI is InChI=1S/C22H15F3N4O4/c23-22(24,25)18-3-1-2-14(26-18)15-9-17(33-28-15)11-4-5-13-12(8-11)10-29(21(13)32)16-6-7-19(30)27-20(16)31/h1-5,8-9,16H,6-7,10H2,(H,27,30,31). The normalized spacial score (nSPS) is 18.5. The second kappa shape index (κ2) is 7.54. The Bertz CT molecular complexity index is 1300. The molecule has 1 unspecified atom stereocenters. The zero-order valence-electron chi connectivity index (χ0n) is 16.8. The van der Waals surface area contributed by atoms with Crippen molar-refractivity contribution in [3.8, 4) is 22.7 Å². The average Bonchev–Trinajstić information content (AvgIpc) is 3.39. The Morgan fingerprint density at radius 2 is 1.88 bits per heavy atom. The van der Waals surface area contributed by atoms with Crippen LogP contribution in [0.3, 0.4) is 0 Å². The molecule has 1 fully saturated rings. The molecule has 168 valence electrons. The number of piperidine rings is 1. The van der Waals surface area contributed by atoms with Crippen LogP contribution in [0, 0.1) is 0 Å². The Hall–Kier alpha value is -4.02. The molecule has 2 aromatic heterocycles. The Morgan fingerprint density at radius 1 is 1.06 bits per heavy atom. The van der Waals surface area contributed by atoms with Gasteiger partial charge in [0.2, 0.25) is 11.8 Å². The lowest BCUT2D eigenvalue weighted by atomic mass is 10.0. The highest BCUT2D eigenvalue weighted by atomic mass is 19.4. The summed E-state index contributed by atoms with van der Waals surface area (Å²) in [5.74, 6) is -0.878. The molecule has 2 aliphatic rings. The van der Waals surface area contributed by atoms with Gasteiger partial charge in [-0.2, -0.15) is 13.2 Å². The Labute approximate surface area is 184 Å². The van der Waals surface area contributed by atoms with Crippen molar-refractivity contribution >= 4 is 17.7 Å². The molecule has 5 rings (SSSR count). The third-order valence-electron chi connectivity index (χ3n) is 5.62. The number of halogens is 3. The zero-order valence-corrected chi connectivity index (χ0v) is 16.8. The lowest BCUT2D eigenvalue weighted by Crippen LogP contribution is -2.52. The molecule has 8 nitrogen and oxygen atoms in total. The van der Waals surface area contributed by atoms with Gasteiger partial charge in [0.25, 0.3) is 5.91 Å². The summed E-state index contributed by atoms with van der Waals surface area (Å²) in [5.41, 5.74) is 0.782. The molecule has 0 bridgehead atoms. The third kappa shape index (κ3) is 3.75. The molecule has 2 aliphatic heterocycles. The number of benzene rings is 1. The molecule has 11 heteroatoms. The van der Waals surface area contributed by atoms with Crippen LogP contribution < -0.4 is 5.32 Å². The zero-order chi connectivity index (χ0) is 23.3. The number of carbonyl (C=O) groups excluding carboxylic acids is 3. The van der Waals surface area contributed by atoms with E-state index in [1.807, 2.05) is 0 Å². The highest BCUT2D eigenvalue weighted by Crippen LogP contribution is 2.33. The van der Waals surface area contributed by atoms with Crippen LogP contribution in [0.25, 0.3) is 22.7 Å². The first-order valence-electron chi connectivity index (χ1n) is 10.00. The maximum atomic E-state index is 12.9. The highest BCUT2D eigenvalue weighted by Gasteiger charge is 2.39. The largest absolute Gasteiger partial charge is 0.433 e. The topological polar surface area (TPSA) is 105 Å². The summed E-state index contributed by atoms with van der Waals surface area (Å²) >= 11 is 0. The first kappa shape index (κ1) is 20.9. The lowest BCUT2D eigenvalue weighted by Gasteiger charge is -2.29. The van der Waals surface area contributed by atoms with Crippen molar-refractivity contribution in [2.45, 2.75) is 31.6 Å². The van der Waals surface area contributed by atoms with E-state index in [9.17, 15) is 27.6 Å². The number of hydrogen-bond donors (Lipinski definition) is 1. The summed E-state index contributed by atoms with van der Waals surface area (Å²) in [6.45, 7) is 0.185. The molecule has 0 radical (unpaired) electrons. The van der Waals surface area contributed by atoms with Gasteiger partial charge >= 0.3 is 6.18 Å². The van der Waals surface area contributed by atoms with E-state index in [-0.39, 0.29) is 42.6 Å². The van der Waals surface area contributed by atoms with Crippen molar-refractivity contribution in [3.63, 3.8) is 0 Å². The van der Waals surface area contributed by atoms with Gasteiger partial charge in [-0.1, -0.05) is 17.3 Å². The second-order valence-electron chi connectivity index (χ2n) is 7.75. The van der Waals surface area contributed by atoms with Crippen molar-refractivity contribution in [1.29, 1.82) is 0 Å². The number of alkyl halides is 3.